The van der Waals surface area contributed by atoms with Gasteiger partial charge in [-0.1, -0.05) is 66.7 Å². The van der Waals surface area contributed by atoms with Gasteiger partial charge in [0, 0.05) is 28.8 Å². The summed E-state index contributed by atoms with van der Waals surface area (Å²) in [5.41, 5.74) is 8.88. The molecule has 2 aromatic carbocycles. The first kappa shape index (κ1) is 30.4. The van der Waals surface area contributed by atoms with Crippen LogP contribution in [0.25, 0.3) is 0 Å². The number of ketones is 1. The molecule has 0 radical (unpaired) electrons. The van der Waals surface area contributed by atoms with Crippen molar-refractivity contribution in [3.63, 3.8) is 0 Å². The molecule has 0 saturated heterocycles. The lowest BCUT2D eigenvalue weighted by atomic mass is 9.68. The minimum absolute atomic E-state index is 0.0534. The minimum Gasteiger partial charge on any atom is -0.497 e. The van der Waals surface area contributed by atoms with E-state index in [4.69, 9.17) is 26.8 Å². The summed E-state index contributed by atoms with van der Waals surface area (Å²) in [6.45, 7) is 4.04. The smallest absolute Gasteiger partial charge is 0.234 e. The molecule has 43 heavy (non-hydrogen) atoms. The molecule has 1 amide bonds. The van der Waals surface area contributed by atoms with Crippen molar-refractivity contribution in [3.8, 4) is 17.6 Å². The molecule has 13 heteroatoms. The van der Waals surface area contributed by atoms with E-state index in [0.29, 0.717) is 61.4 Å². The number of aromatic nitrogens is 2. The van der Waals surface area contributed by atoms with E-state index in [-0.39, 0.29) is 34.3 Å². The summed E-state index contributed by atoms with van der Waals surface area (Å²) in [6, 6.07) is 14.5. The maximum absolute atomic E-state index is 13.7. The number of Topliss-reactive ketones (excluding diaryl/α,β-unsaturated/α-hetero) is 1. The number of nitrogens with zero attached hydrogens (tertiary/aromatic N) is 4. The Kier molecular flexibility index (Phi) is 8.69. The topological polar surface area (TPSA) is 143 Å². The van der Waals surface area contributed by atoms with Crippen LogP contribution in [0.4, 0.5) is 10.8 Å². The van der Waals surface area contributed by atoms with E-state index in [1.807, 2.05) is 26.0 Å². The highest BCUT2D eigenvalue weighted by Gasteiger charge is 2.45. The van der Waals surface area contributed by atoms with Gasteiger partial charge in [0.15, 0.2) is 10.1 Å². The molecule has 1 unspecified atom stereocenters. The Balaban J connectivity index is 1.44. The van der Waals surface area contributed by atoms with Crippen LogP contribution in [0.2, 0.25) is 5.02 Å². The molecule has 0 fully saturated rings. The first-order valence-electron chi connectivity index (χ1n) is 13.3. The highest BCUT2D eigenvalue weighted by Crippen LogP contribution is 2.51. The van der Waals surface area contributed by atoms with Crippen molar-refractivity contribution in [1.82, 2.24) is 10.2 Å². The third-order valence-corrected chi connectivity index (χ3v) is 9.58. The Labute approximate surface area is 262 Å². The van der Waals surface area contributed by atoms with Crippen LogP contribution in [-0.2, 0) is 9.59 Å². The number of amides is 1. The molecule has 0 saturated carbocycles. The van der Waals surface area contributed by atoms with Crippen LogP contribution in [-0.4, -0.2) is 41.9 Å². The Hall–Kier alpha value is -4.05. The van der Waals surface area contributed by atoms with Crippen molar-refractivity contribution in [1.29, 1.82) is 5.26 Å². The molecule has 10 nitrogen and oxygen atoms in total. The van der Waals surface area contributed by atoms with E-state index in [1.54, 1.807) is 42.3 Å². The number of carbonyl (C=O) groups is 2. The zero-order valence-corrected chi connectivity index (χ0v) is 26.3. The molecular formula is C30H29ClN6O4S2. The maximum Gasteiger partial charge on any atom is 0.234 e. The minimum atomic E-state index is -0.687. The normalized spacial score (nSPS) is 17.8. The fourth-order valence-corrected chi connectivity index (χ4v) is 7.25. The molecule has 2 heterocycles. The number of nitrogens with two attached hydrogens (primary N) is 1. The fraction of sp³-hybridized carbons (Fsp3) is 0.300. The molecule has 0 spiro atoms. The van der Waals surface area contributed by atoms with Crippen LogP contribution < -0.4 is 25.4 Å². The summed E-state index contributed by atoms with van der Waals surface area (Å²) < 4.78 is 11.1. The van der Waals surface area contributed by atoms with Gasteiger partial charge < -0.3 is 20.5 Å². The molecule has 3 N–H and O–H groups in total. The summed E-state index contributed by atoms with van der Waals surface area (Å²) in [4.78, 5) is 28.2. The number of carbonyl (C=O) groups excluding carboxylic acids is 2. The number of hydrogen-bond donors (Lipinski definition) is 2. The van der Waals surface area contributed by atoms with E-state index in [9.17, 15) is 14.9 Å². The molecule has 5 rings (SSSR count). The lowest BCUT2D eigenvalue weighted by Crippen LogP contribution is -2.42. The SMILES string of the molecule is COc1ccc(OC)c(NC(=O)CSc2nnc(N3C(N)=C(C#N)C(c4ccccc4Cl)C4=C3CC(C)(C)CC4=O)s2)c1. The Morgan fingerprint density at radius 3 is 2.70 bits per heavy atom. The predicted molar refractivity (Wildman–Crippen MR) is 167 cm³/mol. The van der Waals surface area contributed by atoms with Gasteiger partial charge in [-0.15, -0.1) is 10.2 Å². The second-order valence-electron chi connectivity index (χ2n) is 10.8. The number of anilines is 2. The van der Waals surface area contributed by atoms with Gasteiger partial charge in [-0.25, -0.2) is 0 Å². The first-order chi connectivity index (χ1) is 20.6. The van der Waals surface area contributed by atoms with Crippen molar-refractivity contribution in [2.24, 2.45) is 11.1 Å². The van der Waals surface area contributed by atoms with E-state index in [1.165, 1.54) is 30.2 Å². The average molecular weight is 637 g/mol. The largest absolute Gasteiger partial charge is 0.497 e. The van der Waals surface area contributed by atoms with Crippen LogP contribution in [0.5, 0.6) is 11.5 Å². The quantitative estimate of drug-likeness (QED) is 0.288. The molecule has 3 aromatic rings. The van der Waals surface area contributed by atoms with E-state index in [0.717, 1.165) is 0 Å². The Bertz CT molecular complexity index is 1710. The van der Waals surface area contributed by atoms with Gasteiger partial charge in [0.05, 0.1) is 43.2 Å². The standard InChI is InChI=1S/C30H29ClN6O4S2/c1-30(2)12-21-26(22(38)13-30)25(17-7-5-6-8-19(17)31)18(14-32)27(33)37(21)28-35-36-29(43-28)42-15-24(39)34-20-11-16(40-3)9-10-23(20)41-4/h5-11,25H,12-13,15,33H2,1-4H3,(H,34,39). The summed E-state index contributed by atoms with van der Waals surface area (Å²) in [5, 5.41) is 22.6. The van der Waals surface area contributed by atoms with Crippen LogP contribution in [0.3, 0.4) is 0 Å². The summed E-state index contributed by atoms with van der Waals surface area (Å²) in [5.74, 6) is 0.283. The highest BCUT2D eigenvalue weighted by atomic mass is 35.5. The molecular weight excluding hydrogens is 608 g/mol. The van der Waals surface area contributed by atoms with E-state index in [2.05, 4.69) is 21.6 Å². The van der Waals surface area contributed by atoms with Gasteiger partial charge in [0.25, 0.3) is 0 Å². The lowest BCUT2D eigenvalue weighted by molar-refractivity contribution is -0.118. The van der Waals surface area contributed by atoms with Crippen LogP contribution in [0.1, 0.15) is 38.2 Å². The van der Waals surface area contributed by atoms with Gasteiger partial charge >= 0.3 is 0 Å². The lowest BCUT2D eigenvalue weighted by Gasteiger charge is -2.42. The van der Waals surface area contributed by atoms with Crippen molar-refractivity contribution in [2.75, 3.05) is 30.2 Å². The summed E-state index contributed by atoms with van der Waals surface area (Å²) in [7, 11) is 3.06. The third kappa shape index (κ3) is 6.06. The van der Waals surface area contributed by atoms with Gasteiger partial charge in [0.2, 0.25) is 11.0 Å². The van der Waals surface area contributed by atoms with Crippen LogP contribution in [0.15, 0.2) is 69.5 Å². The van der Waals surface area contributed by atoms with Gasteiger partial charge in [-0.05, 0) is 35.6 Å². The van der Waals surface area contributed by atoms with Gasteiger partial charge in [0.1, 0.15) is 17.3 Å². The monoisotopic (exact) mass is 636 g/mol. The second kappa shape index (κ2) is 12.3. The number of halogens is 1. The van der Waals surface area contributed by atoms with Crippen molar-refractivity contribution in [3.05, 3.63) is 75.7 Å². The number of methoxy groups -OCH3 is 2. The number of ether oxygens (including phenoxy) is 2. The van der Waals surface area contributed by atoms with Gasteiger partial charge in [-0.2, -0.15) is 5.26 Å². The molecule has 1 aromatic heterocycles. The molecule has 1 aliphatic carbocycles. The number of allylic oxidation sites excluding steroid dienone is 3. The number of hydrogen-bond acceptors (Lipinski definition) is 11. The maximum atomic E-state index is 13.7. The fourth-order valence-electron chi connectivity index (χ4n) is 5.32. The number of nitrogens with one attached hydrogen (secondary N) is 1. The zero-order valence-electron chi connectivity index (χ0n) is 23.9. The Morgan fingerprint density at radius 1 is 1.23 bits per heavy atom. The van der Waals surface area contributed by atoms with Crippen molar-refractivity contribution in [2.45, 2.75) is 36.9 Å². The molecule has 2 aliphatic rings. The first-order valence-corrected chi connectivity index (χ1v) is 15.4. The number of thioether (sulfide) groups is 1. The van der Waals surface area contributed by atoms with E-state index >= 15 is 0 Å². The number of nitriles is 1. The highest BCUT2D eigenvalue weighted by molar-refractivity contribution is 8.01. The summed E-state index contributed by atoms with van der Waals surface area (Å²) >= 11 is 9.00. The van der Waals surface area contributed by atoms with Crippen molar-refractivity contribution >= 4 is 57.2 Å². The van der Waals surface area contributed by atoms with Gasteiger partial charge in [-0.3, -0.25) is 14.5 Å². The molecule has 1 aliphatic heterocycles. The van der Waals surface area contributed by atoms with Crippen molar-refractivity contribution < 1.29 is 19.1 Å². The summed E-state index contributed by atoms with van der Waals surface area (Å²) in [6.07, 6.45) is 0.852. The molecule has 1 atom stereocenters. The number of rotatable bonds is 8. The van der Waals surface area contributed by atoms with E-state index < -0.39 is 5.92 Å². The average Bonchev–Trinajstić information content (AvgIpc) is 3.43. The zero-order chi connectivity index (χ0) is 30.9. The predicted octanol–water partition coefficient (Wildman–Crippen LogP) is 5.88. The third-order valence-electron chi connectivity index (χ3n) is 7.19. The van der Waals surface area contributed by atoms with Crippen LogP contribution in [0, 0.1) is 16.7 Å². The number of benzene rings is 2. The second-order valence-corrected chi connectivity index (χ2v) is 13.3. The molecule has 0 bridgehead atoms. The Morgan fingerprint density at radius 2 is 2.00 bits per heavy atom. The van der Waals surface area contributed by atoms with Crippen LogP contribution >= 0.6 is 34.7 Å². The molecule has 222 valence electrons.